The maximum Gasteiger partial charge on any atom is 0.257 e. The van der Waals surface area contributed by atoms with E-state index in [0.29, 0.717) is 21.8 Å². The summed E-state index contributed by atoms with van der Waals surface area (Å²) in [7, 11) is 0. The molecule has 0 aliphatic carbocycles. The van der Waals surface area contributed by atoms with Crippen molar-refractivity contribution in [2.24, 2.45) is 0 Å². The fraction of sp³-hybridized carbons (Fsp3) is 0.333. The third-order valence-corrected chi connectivity index (χ3v) is 6.10. The number of aromatic nitrogens is 2. The van der Waals surface area contributed by atoms with Crippen LogP contribution in [0.15, 0.2) is 35.7 Å². The summed E-state index contributed by atoms with van der Waals surface area (Å²) in [6.45, 7) is 5.96. The van der Waals surface area contributed by atoms with Crippen molar-refractivity contribution in [3.8, 4) is 11.3 Å². The van der Waals surface area contributed by atoms with Gasteiger partial charge in [0.15, 0.2) is 5.13 Å². The topological polar surface area (TPSA) is 56.2 Å². The summed E-state index contributed by atoms with van der Waals surface area (Å²) in [5.41, 5.74) is 4.90. The summed E-state index contributed by atoms with van der Waals surface area (Å²) >= 11 is 7.30. The van der Waals surface area contributed by atoms with Gasteiger partial charge in [0.2, 0.25) is 0 Å². The van der Waals surface area contributed by atoms with Gasteiger partial charge in [0.25, 0.3) is 5.91 Å². The molecule has 1 aliphatic rings. The molecule has 1 N–H and O–H groups in total. The number of nitrogens with one attached hydrogen (secondary N) is 1. The smallest absolute Gasteiger partial charge is 0.257 e. The molecule has 0 bridgehead atoms. The summed E-state index contributed by atoms with van der Waals surface area (Å²) in [6, 6.07) is 8.96. The Bertz CT molecular complexity index is 988. The van der Waals surface area contributed by atoms with Gasteiger partial charge in [-0.2, -0.15) is 0 Å². The number of nitrogens with zero attached hydrogens (tertiary/aromatic N) is 2. The number of hydrogen-bond acceptors (Lipinski definition) is 4. The number of hydrogen-bond donors (Lipinski definition) is 1. The molecule has 1 fully saturated rings. The minimum absolute atomic E-state index is 0.193. The number of carbonyl (C=O) groups is 1. The highest BCUT2D eigenvalue weighted by atomic mass is 35.5. The van der Waals surface area contributed by atoms with Crippen LogP contribution in [0.5, 0.6) is 0 Å². The number of amides is 1. The van der Waals surface area contributed by atoms with Gasteiger partial charge in [-0.05, 0) is 57.0 Å². The molecule has 1 amide bonds. The van der Waals surface area contributed by atoms with E-state index in [1.807, 2.05) is 5.38 Å². The number of rotatable bonds is 5. The second kappa shape index (κ2) is 8.07. The van der Waals surface area contributed by atoms with E-state index < -0.39 is 0 Å². The van der Waals surface area contributed by atoms with Gasteiger partial charge in [0.05, 0.1) is 11.8 Å². The van der Waals surface area contributed by atoms with Gasteiger partial charge in [-0.1, -0.05) is 11.6 Å². The van der Waals surface area contributed by atoms with E-state index in [1.165, 1.54) is 22.7 Å². The quantitative estimate of drug-likeness (QED) is 0.614. The highest BCUT2D eigenvalue weighted by molar-refractivity contribution is 7.14. The second-order valence-corrected chi connectivity index (χ2v) is 8.32. The first-order chi connectivity index (χ1) is 13.5. The van der Waals surface area contributed by atoms with Crippen molar-refractivity contribution >= 4 is 34.0 Å². The van der Waals surface area contributed by atoms with Gasteiger partial charge in [-0.3, -0.25) is 10.1 Å². The molecule has 146 valence electrons. The van der Waals surface area contributed by atoms with Crippen LogP contribution < -0.4 is 5.32 Å². The maximum atomic E-state index is 12.4. The highest BCUT2D eigenvalue weighted by Crippen LogP contribution is 2.31. The summed E-state index contributed by atoms with van der Waals surface area (Å²) in [4.78, 5) is 17.0. The SMILES string of the molecule is Cc1cc(-c2csc(NC(=O)c3ccc(Cl)cc3)n2)c(C)n1CC1CCCO1. The van der Waals surface area contributed by atoms with Crippen LogP contribution in [0.3, 0.4) is 0 Å². The lowest BCUT2D eigenvalue weighted by Crippen LogP contribution is -2.16. The van der Waals surface area contributed by atoms with Crippen molar-refractivity contribution in [1.29, 1.82) is 0 Å². The van der Waals surface area contributed by atoms with E-state index in [0.717, 1.165) is 37.3 Å². The summed E-state index contributed by atoms with van der Waals surface area (Å²) < 4.78 is 8.09. The minimum Gasteiger partial charge on any atom is -0.376 e. The van der Waals surface area contributed by atoms with E-state index in [9.17, 15) is 4.79 Å². The minimum atomic E-state index is -0.193. The first-order valence-corrected chi connectivity index (χ1v) is 10.6. The van der Waals surface area contributed by atoms with Crippen LogP contribution in [-0.4, -0.2) is 28.2 Å². The standard InChI is InChI=1S/C21H22ClN3O2S/c1-13-10-18(14(2)25(13)11-17-4-3-9-27-17)19-12-28-21(23-19)24-20(26)15-5-7-16(22)8-6-15/h5-8,10,12,17H,3-4,9,11H2,1-2H3,(H,23,24,26). The molecule has 0 spiro atoms. The Morgan fingerprint density at radius 3 is 2.86 bits per heavy atom. The molecule has 0 saturated carbocycles. The lowest BCUT2D eigenvalue weighted by atomic mass is 10.2. The fourth-order valence-corrected chi connectivity index (χ4v) is 4.39. The first kappa shape index (κ1) is 19.2. The van der Waals surface area contributed by atoms with E-state index in [-0.39, 0.29) is 5.91 Å². The molecule has 1 unspecified atom stereocenters. The van der Waals surface area contributed by atoms with Gasteiger partial charge in [-0.15, -0.1) is 11.3 Å². The number of aryl methyl sites for hydroxylation is 1. The average Bonchev–Trinajstić information content (AvgIpc) is 3.40. The zero-order valence-electron chi connectivity index (χ0n) is 15.9. The van der Waals surface area contributed by atoms with Crippen LogP contribution in [0.1, 0.15) is 34.6 Å². The number of halogens is 1. The highest BCUT2D eigenvalue weighted by Gasteiger charge is 2.20. The molecule has 28 heavy (non-hydrogen) atoms. The number of thiazole rings is 1. The third-order valence-electron chi connectivity index (χ3n) is 5.09. The lowest BCUT2D eigenvalue weighted by molar-refractivity contribution is 0.0962. The van der Waals surface area contributed by atoms with Crippen LogP contribution in [0.25, 0.3) is 11.3 Å². The van der Waals surface area contributed by atoms with Gasteiger partial charge in [-0.25, -0.2) is 4.98 Å². The Morgan fingerprint density at radius 2 is 2.14 bits per heavy atom. The van der Waals surface area contributed by atoms with Crippen LogP contribution >= 0.6 is 22.9 Å². The predicted octanol–water partition coefficient (Wildman–Crippen LogP) is 5.31. The Morgan fingerprint density at radius 1 is 1.36 bits per heavy atom. The Balaban J connectivity index is 1.51. The molecule has 1 aliphatic heterocycles. The number of anilines is 1. The number of benzene rings is 1. The monoisotopic (exact) mass is 415 g/mol. The molecule has 3 aromatic rings. The van der Waals surface area contributed by atoms with Gasteiger partial charge in [0, 0.05) is 46.1 Å². The van der Waals surface area contributed by atoms with Crippen LogP contribution in [-0.2, 0) is 11.3 Å². The van der Waals surface area contributed by atoms with E-state index in [2.05, 4.69) is 34.8 Å². The predicted molar refractivity (Wildman–Crippen MR) is 113 cm³/mol. The zero-order chi connectivity index (χ0) is 19.7. The van der Waals surface area contributed by atoms with Gasteiger partial charge >= 0.3 is 0 Å². The lowest BCUT2D eigenvalue weighted by Gasteiger charge is -2.14. The van der Waals surface area contributed by atoms with Crippen molar-refractivity contribution in [1.82, 2.24) is 9.55 Å². The van der Waals surface area contributed by atoms with Crippen molar-refractivity contribution in [3.63, 3.8) is 0 Å². The molecule has 4 rings (SSSR count). The summed E-state index contributed by atoms with van der Waals surface area (Å²) in [5.74, 6) is -0.193. The molecule has 5 nitrogen and oxygen atoms in total. The van der Waals surface area contributed by atoms with E-state index in [1.54, 1.807) is 24.3 Å². The largest absolute Gasteiger partial charge is 0.376 e. The number of carbonyl (C=O) groups excluding carboxylic acids is 1. The van der Waals surface area contributed by atoms with Gasteiger partial charge in [0.1, 0.15) is 0 Å². The Labute approximate surface area is 173 Å². The van der Waals surface area contributed by atoms with Crippen molar-refractivity contribution in [2.45, 2.75) is 39.3 Å². The zero-order valence-corrected chi connectivity index (χ0v) is 17.4. The normalized spacial score (nSPS) is 16.5. The molecular formula is C21H22ClN3O2S. The second-order valence-electron chi connectivity index (χ2n) is 7.03. The fourth-order valence-electron chi connectivity index (χ4n) is 3.56. The van der Waals surface area contributed by atoms with Crippen LogP contribution in [0.2, 0.25) is 5.02 Å². The molecule has 1 atom stereocenters. The maximum absolute atomic E-state index is 12.4. The molecule has 1 aromatic carbocycles. The molecular weight excluding hydrogens is 394 g/mol. The molecule has 7 heteroatoms. The van der Waals surface area contributed by atoms with Crippen LogP contribution in [0, 0.1) is 13.8 Å². The van der Waals surface area contributed by atoms with Crippen LogP contribution in [0.4, 0.5) is 5.13 Å². The molecule has 1 saturated heterocycles. The van der Waals surface area contributed by atoms with Crippen molar-refractivity contribution in [2.75, 3.05) is 11.9 Å². The number of ether oxygens (including phenoxy) is 1. The third kappa shape index (κ3) is 3.99. The molecule has 0 radical (unpaired) electrons. The van der Waals surface area contributed by atoms with Crippen molar-refractivity contribution in [3.05, 3.63) is 57.7 Å². The van der Waals surface area contributed by atoms with E-state index >= 15 is 0 Å². The molecule has 2 aromatic heterocycles. The van der Waals surface area contributed by atoms with E-state index in [4.69, 9.17) is 16.3 Å². The van der Waals surface area contributed by atoms with Gasteiger partial charge < -0.3 is 9.30 Å². The average molecular weight is 416 g/mol. The first-order valence-electron chi connectivity index (χ1n) is 9.32. The molecule has 3 heterocycles. The summed E-state index contributed by atoms with van der Waals surface area (Å²) in [5, 5.41) is 6.03. The Hall–Kier alpha value is -2.15. The summed E-state index contributed by atoms with van der Waals surface area (Å²) in [6.07, 6.45) is 2.55. The Kier molecular flexibility index (Phi) is 5.53. The van der Waals surface area contributed by atoms with Crippen molar-refractivity contribution < 1.29 is 9.53 Å².